The molecule has 1 aliphatic rings. The summed E-state index contributed by atoms with van der Waals surface area (Å²) in [6.45, 7) is 10.9. The van der Waals surface area contributed by atoms with E-state index >= 15 is 0 Å². The van der Waals surface area contributed by atoms with Crippen LogP contribution in [0.2, 0.25) is 0 Å². The van der Waals surface area contributed by atoms with Crippen molar-refractivity contribution in [1.82, 2.24) is 10.2 Å². The highest BCUT2D eigenvalue weighted by molar-refractivity contribution is 7.80. The molecule has 1 saturated heterocycles. The lowest BCUT2D eigenvalue weighted by molar-refractivity contribution is -0.119. The predicted octanol–water partition coefficient (Wildman–Crippen LogP) is 2.95. The first kappa shape index (κ1) is 17.5. The Bertz CT molecular complexity index is 585. The van der Waals surface area contributed by atoms with Crippen LogP contribution in [0.3, 0.4) is 0 Å². The molecule has 0 saturated carbocycles. The summed E-state index contributed by atoms with van der Waals surface area (Å²) in [6.07, 6.45) is 2.68. The second kappa shape index (κ2) is 7.13. The summed E-state index contributed by atoms with van der Waals surface area (Å²) in [5.74, 6) is 0.0202. The Balaban J connectivity index is 2.13. The van der Waals surface area contributed by atoms with Gasteiger partial charge in [0.25, 0.3) is 0 Å². The van der Waals surface area contributed by atoms with Crippen LogP contribution in [0, 0.1) is 0 Å². The summed E-state index contributed by atoms with van der Waals surface area (Å²) in [7, 11) is 0. The van der Waals surface area contributed by atoms with Crippen molar-refractivity contribution in [3.8, 4) is 0 Å². The minimum absolute atomic E-state index is 0.0202. The highest BCUT2D eigenvalue weighted by Crippen LogP contribution is 2.22. The summed E-state index contributed by atoms with van der Waals surface area (Å²) >= 11 is 5.46. The molecule has 1 N–H and O–H groups in total. The minimum atomic E-state index is -0.0315. The van der Waals surface area contributed by atoms with E-state index in [1.807, 2.05) is 35.2 Å². The molecular weight excluding hydrogens is 306 g/mol. The van der Waals surface area contributed by atoms with Gasteiger partial charge < -0.3 is 15.1 Å². The molecule has 1 aromatic carbocycles. The smallest absolute Gasteiger partial charge is 0.246 e. The molecule has 1 unspecified atom stereocenters. The molecule has 1 aliphatic heterocycles. The van der Waals surface area contributed by atoms with Crippen LogP contribution < -0.4 is 10.2 Å². The summed E-state index contributed by atoms with van der Waals surface area (Å²) in [5.41, 5.74) is 0.845. The van der Waals surface area contributed by atoms with Gasteiger partial charge in [-0.15, -0.1) is 6.58 Å². The number of carbonyl (C=O) groups excluding carboxylic acids is 1. The van der Waals surface area contributed by atoms with E-state index in [1.165, 1.54) is 0 Å². The highest BCUT2D eigenvalue weighted by Gasteiger charge is 2.34. The summed E-state index contributed by atoms with van der Waals surface area (Å²) < 4.78 is 0. The molecule has 4 nitrogen and oxygen atoms in total. The third kappa shape index (κ3) is 4.32. The van der Waals surface area contributed by atoms with Crippen LogP contribution in [-0.2, 0) is 4.79 Å². The van der Waals surface area contributed by atoms with Crippen molar-refractivity contribution < 1.29 is 4.79 Å². The number of hydrogen-bond donors (Lipinski definition) is 1. The molecule has 1 aromatic rings. The van der Waals surface area contributed by atoms with Crippen molar-refractivity contribution in [3.63, 3.8) is 0 Å². The Morgan fingerprint density at radius 2 is 2.13 bits per heavy atom. The van der Waals surface area contributed by atoms with E-state index < -0.39 is 0 Å². The van der Waals surface area contributed by atoms with Gasteiger partial charge in [0.1, 0.15) is 0 Å². The molecule has 23 heavy (non-hydrogen) atoms. The standard InChI is InChI=1S/C18H25N3OS/c1-5-11-20(15-9-7-6-8-10-15)16(22)13-21-14(2)12-18(3,4)19-17(21)23/h5-10,14H,1,11-13H2,2-4H3,(H,19,23). The lowest BCUT2D eigenvalue weighted by Crippen LogP contribution is -2.61. The predicted molar refractivity (Wildman–Crippen MR) is 99.6 cm³/mol. The molecule has 124 valence electrons. The zero-order valence-electron chi connectivity index (χ0n) is 14.1. The molecule has 2 rings (SSSR count). The molecule has 0 bridgehead atoms. The third-order valence-corrected chi connectivity index (χ3v) is 4.37. The number of hydrogen-bond acceptors (Lipinski definition) is 2. The fourth-order valence-corrected chi connectivity index (χ4v) is 3.53. The van der Waals surface area contributed by atoms with Crippen LogP contribution in [0.15, 0.2) is 43.0 Å². The summed E-state index contributed by atoms with van der Waals surface area (Å²) in [5, 5.41) is 3.97. The normalized spacial score (nSPS) is 19.9. The average molecular weight is 331 g/mol. The monoisotopic (exact) mass is 331 g/mol. The molecule has 1 atom stereocenters. The number of rotatable bonds is 5. The number of benzene rings is 1. The van der Waals surface area contributed by atoms with E-state index in [0.717, 1.165) is 12.1 Å². The largest absolute Gasteiger partial charge is 0.358 e. The van der Waals surface area contributed by atoms with Gasteiger partial charge in [-0.3, -0.25) is 4.79 Å². The number of nitrogens with zero attached hydrogens (tertiary/aromatic N) is 2. The van der Waals surface area contributed by atoms with E-state index in [2.05, 4.69) is 32.7 Å². The molecule has 1 amide bonds. The molecular formula is C18H25N3OS. The molecule has 0 radical (unpaired) electrons. The lowest BCUT2D eigenvalue weighted by atomic mass is 9.93. The van der Waals surface area contributed by atoms with Gasteiger partial charge >= 0.3 is 0 Å². The number of nitrogens with one attached hydrogen (secondary N) is 1. The molecule has 1 heterocycles. The van der Waals surface area contributed by atoms with Gasteiger partial charge in [-0.2, -0.15) is 0 Å². The number of amides is 1. The zero-order chi connectivity index (χ0) is 17.0. The molecule has 0 aliphatic carbocycles. The first-order valence-corrected chi connectivity index (χ1v) is 8.30. The number of anilines is 1. The first-order chi connectivity index (χ1) is 10.8. The van der Waals surface area contributed by atoms with Crippen molar-refractivity contribution in [2.75, 3.05) is 18.0 Å². The topological polar surface area (TPSA) is 35.6 Å². The van der Waals surface area contributed by atoms with E-state index in [0.29, 0.717) is 11.7 Å². The fraction of sp³-hybridized carbons (Fsp3) is 0.444. The summed E-state index contributed by atoms with van der Waals surface area (Å²) in [6, 6.07) is 9.88. The van der Waals surface area contributed by atoms with Gasteiger partial charge in [0.15, 0.2) is 5.11 Å². The molecule has 1 fully saturated rings. The minimum Gasteiger partial charge on any atom is -0.358 e. The Hall–Kier alpha value is -1.88. The first-order valence-electron chi connectivity index (χ1n) is 7.89. The van der Waals surface area contributed by atoms with Crippen molar-refractivity contribution in [2.45, 2.75) is 38.8 Å². The van der Waals surface area contributed by atoms with Gasteiger partial charge in [-0.05, 0) is 51.5 Å². The van der Waals surface area contributed by atoms with Crippen LogP contribution in [-0.4, -0.2) is 40.6 Å². The maximum Gasteiger partial charge on any atom is 0.246 e. The average Bonchev–Trinajstić information content (AvgIpc) is 2.48. The van der Waals surface area contributed by atoms with E-state index in [4.69, 9.17) is 12.2 Å². The second-order valence-electron chi connectivity index (χ2n) is 6.62. The van der Waals surface area contributed by atoms with E-state index in [-0.39, 0.29) is 24.0 Å². The quantitative estimate of drug-likeness (QED) is 0.665. The van der Waals surface area contributed by atoms with Crippen LogP contribution in [0.5, 0.6) is 0 Å². The number of para-hydroxylation sites is 1. The summed E-state index contributed by atoms with van der Waals surface area (Å²) in [4.78, 5) is 16.5. The number of carbonyl (C=O) groups is 1. The van der Waals surface area contributed by atoms with Gasteiger partial charge in [0, 0.05) is 23.8 Å². The van der Waals surface area contributed by atoms with Gasteiger partial charge in [0.05, 0.1) is 6.54 Å². The lowest BCUT2D eigenvalue weighted by Gasteiger charge is -2.44. The third-order valence-electron chi connectivity index (χ3n) is 4.03. The van der Waals surface area contributed by atoms with Crippen molar-refractivity contribution in [1.29, 1.82) is 0 Å². The van der Waals surface area contributed by atoms with Crippen LogP contribution in [0.25, 0.3) is 0 Å². The Kier molecular flexibility index (Phi) is 5.42. The van der Waals surface area contributed by atoms with Crippen molar-refractivity contribution >= 4 is 28.9 Å². The van der Waals surface area contributed by atoms with Gasteiger partial charge in [-0.1, -0.05) is 24.3 Å². The van der Waals surface area contributed by atoms with Gasteiger partial charge in [-0.25, -0.2) is 0 Å². The Labute approximate surface area is 144 Å². The van der Waals surface area contributed by atoms with E-state index in [9.17, 15) is 4.79 Å². The van der Waals surface area contributed by atoms with Gasteiger partial charge in [0.2, 0.25) is 5.91 Å². The molecule has 0 spiro atoms. The zero-order valence-corrected chi connectivity index (χ0v) is 14.9. The van der Waals surface area contributed by atoms with Crippen LogP contribution in [0.4, 0.5) is 5.69 Å². The van der Waals surface area contributed by atoms with Crippen LogP contribution >= 0.6 is 12.2 Å². The van der Waals surface area contributed by atoms with Crippen molar-refractivity contribution in [2.24, 2.45) is 0 Å². The fourth-order valence-electron chi connectivity index (χ4n) is 3.01. The molecule has 5 heteroatoms. The van der Waals surface area contributed by atoms with Crippen LogP contribution in [0.1, 0.15) is 27.2 Å². The van der Waals surface area contributed by atoms with E-state index in [1.54, 1.807) is 11.0 Å². The highest BCUT2D eigenvalue weighted by atomic mass is 32.1. The second-order valence-corrected chi connectivity index (χ2v) is 7.01. The van der Waals surface area contributed by atoms with Crippen molar-refractivity contribution in [3.05, 3.63) is 43.0 Å². The SMILES string of the molecule is C=CCN(C(=O)CN1C(=S)NC(C)(C)CC1C)c1ccccc1. The molecule has 0 aromatic heterocycles. The Morgan fingerprint density at radius 1 is 1.48 bits per heavy atom. The Morgan fingerprint density at radius 3 is 2.70 bits per heavy atom. The maximum absolute atomic E-state index is 12.8. The maximum atomic E-state index is 12.8. The number of thiocarbonyl (C=S) groups is 1.